The highest BCUT2D eigenvalue weighted by Crippen LogP contribution is 2.13. The van der Waals surface area contributed by atoms with Crippen LogP contribution in [0.3, 0.4) is 0 Å². The van der Waals surface area contributed by atoms with Crippen LogP contribution in [0.25, 0.3) is 0 Å². The van der Waals surface area contributed by atoms with Crippen LogP contribution in [0.5, 0.6) is 0 Å². The van der Waals surface area contributed by atoms with E-state index in [4.69, 9.17) is 5.11 Å². The van der Waals surface area contributed by atoms with Crippen molar-refractivity contribution in [1.82, 2.24) is 0 Å². The Balaban J connectivity index is 2.97. The Labute approximate surface area is 78.3 Å². The largest absolute Gasteiger partial charge is 0.396 e. The predicted molar refractivity (Wildman–Crippen MR) is 53.1 cm³/mol. The number of hydrogen-bond donors (Lipinski definition) is 1. The van der Waals surface area contributed by atoms with E-state index >= 15 is 0 Å². The Morgan fingerprint density at radius 1 is 1.18 bits per heavy atom. The average molecular weight is 223 g/mol. The van der Waals surface area contributed by atoms with E-state index in [0.29, 0.717) is 6.61 Å². The molecule has 1 atom stereocenters. The quantitative estimate of drug-likeness (QED) is 0.519. The molecular weight excluding hydrogens is 204 g/mol. The standard InChI is InChI=1S/C9H19BrO/c1-9(6-7-10)5-3-2-4-8-11/h9,11H,2-8H2,1H3. The Morgan fingerprint density at radius 3 is 2.45 bits per heavy atom. The first-order valence-corrected chi connectivity index (χ1v) is 5.60. The summed E-state index contributed by atoms with van der Waals surface area (Å²) in [5, 5.41) is 9.65. The summed E-state index contributed by atoms with van der Waals surface area (Å²) in [4.78, 5) is 0. The van der Waals surface area contributed by atoms with Crippen molar-refractivity contribution < 1.29 is 5.11 Å². The molecule has 1 unspecified atom stereocenters. The van der Waals surface area contributed by atoms with E-state index in [1.807, 2.05) is 0 Å². The van der Waals surface area contributed by atoms with E-state index in [1.54, 1.807) is 0 Å². The van der Waals surface area contributed by atoms with Gasteiger partial charge in [0.25, 0.3) is 0 Å². The first-order chi connectivity index (χ1) is 5.31. The summed E-state index contributed by atoms with van der Waals surface area (Å²) in [6.07, 6.45) is 6.02. The molecule has 0 aliphatic rings. The van der Waals surface area contributed by atoms with Crippen LogP contribution in [0.1, 0.15) is 39.0 Å². The summed E-state index contributed by atoms with van der Waals surface area (Å²) in [7, 11) is 0. The van der Waals surface area contributed by atoms with Crippen molar-refractivity contribution in [3.05, 3.63) is 0 Å². The molecule has 68 valence electrons. The number of halogens is 1. The molecule has 2 heteroatoms. The van der Waals surface area contributed by atoms with Crippen LogP contribution in [0.4, 0.5) is 0 Å². The molecule has 0 aromatic heterocycles. The van der Waals surface area contributed by atoms with Crippen LogP contribution in [-0.2, 0) is 0 Å². The summed E-state index contributed by atoms with van der Waals surface area (Å²) in [5.41, 5.74) is 0. The molecule has 0 saturated carbocycles. The minimum Gasteiger partial charge on any atom is -0.396 e. The maximum absolute atomic E-state index is 8.53. The van der Waals surface area contributed by atoms with Crippen LogP contribution in [0.15, 0.2) is 0 Å². The van der Waals surface area contributed by atoms with Crippen molar-refractivity contribution in [3.8, 4) is 0 Å². The molecular formula is C9H19BrO. The Kier molecular flexibility index (Phi) is 8.88. The zero-order valence-electron chi connectivity index (χ0n) is 7.35. The van der Waals surface area contributed by atoms with Gasteiger partial charge in [-0.1, -0.05) is 42.1 Å². The number of alkyl halides is 1. The second-order valence-electron chi connectivity index (χ2n) is 3.16. The SMILES string of the molecule is CC(CCBr)CCCCCO. The van der Waals surface area contributed by atoms with Gasteiger partial charge in [-0.05, 0) is 18.8 Å². The summed E-state index contributed by atoms with van der Waals surface area (Å²) in [5.74, 6) is 0.841. The van der Waals surface area contributed by atoms with Crippen LogP contribution < -0.4 is 0 Å². The molecule has 0 radical (unpaired) electrons. The normalized spacial score (nSPS) is 13.4. The van der Waals surface area contributed by atoms with E-state index in [-0.39, 0.29) is 0 Å². The third-order valence-corrected chi connectivity index (χ3v) is 2.41. The molecule has 0 amide bonds. The highest BCUT2D eigenvalue weighted by atomic mass is 79.9. The minimum absolute atomic E-state index is 0.354. The van der Waals surface area contributed by atoms with E-state index in [2.05, 4.69) is 22.9 Å². The highest BCUT2D eigenvalue weighted by Gasteiger charge is 1.99. The number of aliphatic hydroxyl groups is 1. The van der Waals surface area contributed by atoms with E-state index in [0.717, 1.165) is 17.7 Å². The van der Waals surface area contributed by atoms with Crippen molar-refractivity contribution in [2.75, 3.05) is 11.9 Å². The van der Waals surface area contributed by atoms with Gasteiger partial charge < -0.3 is 5.11 Å². The summed E-state index contributed by atoms with van der Waals surface area (Å²) in [6.45, 7) is 2.65. The van der Waals surface area contributed by atoms with Gasteiger partial charge in [-0.3, -0.25) is 0 Å². The van der Waals surface area contributed by atoms with Crippen LogP contribution in [0, 0.1) is 5.92 Å². The zero-order chi connectivity index (χ0) is 8.53. The first-order valence-electron chi connectivity index (χ1n) is 4.48. The monoisotopic (exact) mass is 222 g/mol. The lowest BCUT2D eigenvalue weighted by Crippen LogP contribution is -1.95. The van der Waals surface area contributed by atoms with E-state index in [1.165, 1.54) is 25.7 Å². The molecule has 0 aromatic carbocycles. The molecule has 0 aliphatic carbocycles. The van der Waals surface area contributed by atoms with Gasteiger partial charge in [0.1, 0.15) is 0 Å². The third-order valence-electron chi connectivity index (χ3n) is 1.96. The Morgan fingerprint density at radius 2 is 1.91 bits per heavy atom. The molecule has 0 spiro atoms. The number of aliphatic hydroxyl groups excluding tert-OH is 1. The second-order valence-corrected chi connectivity index (χ2v) is 3.95. The van der Waals surface area contributed by atoms with Crippen molar-refractivity contribution in [3.63, 3.8) is 0 Å². The van der Waals surface area contributed by atoms with Crippen LogP contribution in [-0.4, -0.2) is 17.0 Å². The lowest BCUT2D eigenvalue weighted by atomic mass is 10.0. The van der Waals surface area contributed by atoms with Gasteiger partial charge in [0.15, 0.2) is 0 Å². The smallest absolute Gasteiger partial charge is 0.0431 e. The molecule has 1 nitrogen and oxygen atoms in total. The Bertz CT molecular complexity index is 76.0. The fraction of sp³-hybridized carbons (Fsp3) is 1.00. The van der Waals surface area contributed by atoms with Crippen molar-refractivity contribution in [2.24, 2.45) is 5.92 Å². The third kappa shape index (κ3) is 8.35. The molecule has 0 bridgehead atoms. The second kappa shape index (κ2) is 8.54. The number of unbranched alkanes of at least 4 members (excludes halogenated alkanes) is 2. The van der Waals surface area contributed by atoms with Gasteiger partial charge in [-0.15, -0.1) is 0 Å². The van der Waals surface area contributed by atoms with Gasteiger partial charge in [0.05, 0.1) is 0 Å². The van der Waals surface area contributed by atoms with Gasteiger partial charge in [-0.25, -0.2) is 0 Å². The van der Waals surface area contributed by atoms with E-state index in [9.17, 15) is 0 Å². The van der Waals surface area contributed by atoms with Gasteiger partial charge >= 0.3 is 0 Å². The molecule has 0 aromatic rings. The summed E-state index contributed by atoms with van der Waals surface area (Å²) >= 11 is 3.43. The fourth-order valence-electron chi connectivity index (χ4n) is 1.11. The number of rotatable bonds is 7. The molecule has 1 N–H and O–H groups in total. The molecule has 11 heavy (non-hydrogen) atoms. The van der Waals surface area contributed by atoms with Crippen LogP contribution in [0.2, 0.25) is 0 Å². The summed E-state index contributed by atoms with van der Waals surface area (Å²) in [6, 6.07) is 0. The zero-order valence-corrected chi connectivity index (χ0v) is 8.94. The lowest BCUT2D eigenvalue weighted by molar-refractivity contribution is 0.280. The van der Waals surface area contributed by atoms with Gasteiger partial charge in [0.2, 0.25) is 0 Å². The first kappa shape index (κ1) is 11.4. The van der Waals surface area contributed by atoms with Crippen molar-refractivity contribution in [1.29, 1.82) is 0 Å². The maximum Gasteiger partial charge on any atom is 0.0431 e. The highest BCUT2D eigenvalue weighted by molar-refractivity contribution is 9.09. The molecule has 0 saturated heterocycles. The van der Waals surface area contributed by atoms with Crippen molar-refractivity contribution >= 4 is 15.9 Å². The molecule has 0 aliphatic heterocycles. The maximum atomic E-state index is 8.53. The molecule has 0 rings (SSSR count). The topological polar surface area (TPSA) is 20.2 Å². The molecule has 0 heterocycles. The van der Waals surface area contributed by atoms with Crippen LogP contribution >= 0.6 is 15.9 Å². The van der Waals surface area contributed by atoms with Gasteiger partial charge in [0, 0.05) is 11.9 Å². The lowest BCUT2D eigenvalue weighted by Gasteiger charge is -2.07. The van der Waals surface area contributed by atoms with E-state index < -0.39 is 0 Å². The summed E-state index contributed by atoms with van der Waals surface area (Å²) < 4.78 is 0. The minimum atomic E-state index is 0.354. The fourth-order valence-corrected chi connectivity index (χ4v) is 1.89. The predicted octanol–water partition coefficient (Wildman–Crippen LogP) is 2.96. The van der Waals surface area contributed by atoms with Crippen molar-refractivity contribution in [2.45, 2.75) is 39.0 Å². The average Bonchev–Trinajstić information content (AvgIpc) is 1.99. The Hall–Kier alpha value is 0.440. The van der Waals surface area contributed by atoms with Gasteiger partial charge in [-0.2, -0.15) is 0 Å². The molecule has 0 fully saturated rings. The number of hydrogen-bond acceptors (Lipinski definition) is 1.